The quantitative estimate of drug-likeness (QED) is 0.729. The molecule has 0 aromatic rings. The van der Waals surface area contributed by atoms with E-state index in [9.17, 15) is 14.7 Å². The normalized spacial score (nSPS) is 26.2. The minimum absolute atomic E-state index is 0.224. The summed E-state index contributed by atoms with van der Waals surface area (Å²) in [6, 6.07) is -0.224. The van der Waals surface area contributed by atoms with Crippen LogP contribution in [0.4, 0.5) is 4.79 Å². The molecule has 1 unspecified atom stereocenters. The van der Waals surface area contributed by atoms with Crippen molar-refractivity contribution in [2.75, 3.05) is 32.7 Å². The summed E-state index contributed by atoms with van der Waals surface area (Å²) in [5.41, 5.74) is -1.00. The smallest absolute Gasteiger partial charge is 0.329 e. The van der Waals surface area contributed by atoms with E-state index in [0.717, 1.165) is 32.5 Å². The fourth-order valence-corrected chi connectivity index (χ4v) is 3.52. The van der Waals surface area contributed by atoms with Gasteiger partial charge in [-0.15, -0.1) is 0 Å². The molecule has 2 aliphatic rings. The Labute approximate surface area is 126 Å². The average Bonchev–Trinajstić information content (AvgIpc) is 3.12. The first-order chi connectivity index (χ1) is 10.1. The molecule has 2 saturated heterocycles. The summed E-state index contributed by atoms with van der Waals surface area (Å²) in [6.07, 6.45) is 5.26. The van der Waals surface area contributed by atoms with Crippen molar-refractivity contribution in [3.05, 3.63) is 0 Å². The van der Waals surface area contributed by atoms with Gasteiger partial charge in [0.2, 0.25) is 0 Å². The van der Waals surface area contributed by atoms with Crippen molar-refractivity contribution in [1.82, 2.24) is 15.1 Å². The van der Waals surface area contributed by atoms with Gasteiger partial charge in [-0.25, -0.2) is 9.59 Å². The minimum Gasteiger partial charge on any atom is -0.479 e. The molecule has 2 N–H and O–H groups in total. The Hall–Kier alpha value is -1.30. The standard InChI is InChI=1S/C15H27N3O3/c1-2-15(13(19)20)7-5-12-18(15)14(21)16-8-6-11-17-9-3-4-10-17/h2-12H2,1H3,(H,16,21)(H,19,20). The van der Waals surface area contributed by atoms with E-state index in [1.165, 1.54) is 17.7 Å². The van der Waals surface area contributed by atoms with Crippen LogP contribution in [0, 0.1) is 0 Å². The fourth-order valence-electron chi connectivity index (χ4n) is 3.52. The number of rotatable bonds is 6. The van der Waals surface area contributed by atoms with Crippen LogP contribution in [0.15, 0.2) is 0 Å². The molecule has 0 radical (unpaired) electrons. The number of hydrogen-bond acceptors (Lipinski definition) is 3. The second-order valence-electron chi connectivity index (χ2n) is 6.08. The number of nitrogens with one attached hydrogen (secondary N) is 1. The second kappa shape index (κ2) is 7.11. The summed E-state index contributed by atoms with van der Waals surface area (Å²) in [5, 5.41) is 12.4. The van der Waals surface area contributed by atoms with Crippen LogP contribution in [0.5, 0.6) is 0 Å². The zero-order chi connectivity index (χ0) is 15.3. The highest BCUT2D eigenvalue weighted by molar-refractivity contribution is 5.87. The lowest BCUT2D eigenvalue weighted by molar-refractivity contribution is -0.148. The number of hydrogen-bond donors (Lipinski definition) is 2. The molecule has 0 spiro atoms. The lowest BCUT2D eigenvalue weighted by Crippen LogP contribution is -2.55. The molecule has 2 heterocycles. The maximum Gasteiger partial charge on any atom is 0.329 e. The van der Waals surface area contributed by atoms with Crippen LogP contribution in [0.25, 0.3) is 0 Å². The Morgan fingerprint density at radius 1 is 1.19 bits per heavy atom. The summed E-state index contributed by atoms with van der Waals surface area (Å²) < 4.78 is 0. The summed E-state index contributed by atoms with van der Waals surface area (Å²) in [6.45, 7) is 6.34. The van der Waals surface area contributed by atoms with Crippen LogP contribution in [0.3, 0.4) is 0 Å². The molecule has 6 heteroatoms. The van der Waals surface area contributed by atoms with Gasteiger partial charge >= 0.3 is 12.0 Å². The van der Waals surface area contributed by atoms with Crippen molar-refractivity contribution in [2.45, 2.75) is 51.0 Å². The van der Waals surface area contributed by atoms with E-state index < -0.39 is 11.5 Å². The molecule has 0 saturated carbocycles. The Balaban J connectivity index is 1.77. The van der Waals surface area contributed by atoms with E-state index in [4.69, 9.17) is 0 Å². The maximum atomic E-state index is 12.3. The first-order valence-electron chi connectivity index (χ1n) is 8.11. The van der Waals surface area contributed by atoms with Gasteiger partial charge in [0.05, 0.1) is 0 Å². The lowest BCUT2D eigenvalue weighted by atomic mass is 9.93. The monoisotopic (exact) mass is 297 g/mol. The van der Waals surface area contributed by atoms with Gasteiger partial charge < -0.3 is 20.2 Å². The van der Waals surface area contributed by atoms with Crippen molar-refractivity contribution in [2.24, 2.45) is 0 Å². The summed E-state index contributed by atoms with van der Waals surface area (Å²) in [4.78, 5) is 27.7. The molecule has 2 fully saturated rings. The number of nitrogens with zero attached hydrogens (tertiary/aromatic N) is 2. The number of likely N-dealkylation sites (tertiary alicyclic amines) is 2. The largest absolute Gasteiger partial charge is 0.479 e. The number of carbonyl (C=O) groups is 2. The Kier molecular flexibility index (Phi) is 5.45. The third kappa shape index (κ3) is 3.48. The minimum atomic E-state index is -1.00. The molecule has 0 aromatic carbocycles. The van der Waals surface area contributed by atoms with E-state index in [-0.39, 0.29) is 6.03 Å². The zero-order valence-electron chi connectivity index (χ0n) is 12.9. The van der Waals surface area contributed by atoms with E-state index >= 15 is 0 Å². The predicted octanol–water partition coefficient (Wildman–Crippen LogP) is 1.51. The Morgan fingerprint density at radius 3 is 2.52 bits per heavy atom. The van der Waals surface area contributed by atoms with Crippen LogP contribution >= 0.6 is 0 Å². The number of aliphatic carboxylic acids is 1. The van der Waals surface area contributed by atoms with Gasteiger partial charge in [0.25, 0.3) is 0 Å². The number of amides is 2. The molecule has 0 aromatic heterocycles. The predicted molar refractivity (Wildman–Crippen MR) is 80.3 cm³/mol. The lowest BCUT2D eigenvalue weighted by Gasteiger charge is -2.33. The molecule has 2 aliphatic heterocycles. The topological polar surface area (TPSA) is 72.9 Å². The molecule has 0 bridgehead atoms. The van der Waals surface area contributed by atoms with Crippen LogP contribution in [-0.2, 0) is 4.79 Å². The molecule has 0 aliphatic carbocycles. The summed E-state index contributed by atoms with van der Waals surface area (Å²) in [7, 11) is 0. The fraction of sp³-hybridized carbons (Fsp3) is 0.867. The van der Waals surface area contributed by atoms with Gasteiger partial charge in [0.1, 0.15) is 5.54 Å². The number of carbonyl (C=O) groups excluding carboxylic acids is 1. The second-order valence-corrected chi connectivity index (χ2v) is 6.08. The van der Waals surface area contributed by atoms with E-state index in [0.29, 0.717) is 25.9 Å². The summed E-state index contributed by atoms with van der Waals surface area (Å²) >= 11 is 0. The van der Waals surface area contributed by atoms with Crippen LogP contribution < -0.4 is 5.32 Å². The maximum absolute atomic E-state index is 12.3. The molecule has 2 rings (SSSR count). The van der Waals surface area contributed by atoms with Gasteiger partial charge in [-0.05, 0) is 58.2 Å². The van der Waals surface area contributed by atoms with Crippen molar-refractivity contribution in [1.29, 1.82) is 0 Å². The molecular formula is C15H27N3O3. The number of carboxylic acid groups (broad SMARTS) is 1. The number of urea groups is 1. The highest BCUT2D eigenvalue weighted by Crippen LogP contribution is 2.32. The van der Waals surface area contributed by atoms with Crippen LogP contribution in [0.2, 0.25) is 0 Å². The van der Waals surface area contributed by atoms with Crippen molar-refractivity contribution in [3.63, 3.8) is 0 Å². The first kappa shape index (κ1) is 16.1. The third-order valence-corrected chi connectivity index (χ3v) is 4.84. The first-order valence-corrected chi connectivity index (χ1v) is 8.11. The van der Waals surface area contributed by atoms with Crippen molar-refractivity contribution >= 4 is 12.0 Å². The van der Waals surface area contributed by atoms with Gasteiger partial charge in [0, 0.05) is 13.1 Å². The SMILES string of the molecule is CCC1(C(=O)O)CCCN1C(=O)NCCCN1CCCC1. The molecule has 6 nitrogen and oxygen atoms in total. The molecular weight excluding hydrogens is 270 g/mol. The van der Waals surface area contributed by atoms with Crippen molar-refractivity contribution in [3.8, 4) is 0 Å². The van der Waals surface area contributed by atoms with Crippen molar-refractivity contribution < 1.29 is 14.7 Å². The van der Waals surface area contributed by atoms with Crippen LogP contribution in [-0.4, -0.2) is 65.2 Å². The zero-order valence-corrected chi connectivity index (χ0v) is 12.9. The molecule has 2 amide bonds. The Bertz CT molecular complexity index is 382. The van der Waals surface area contributed by atoms with E-state index in [1.807, 2.05) is 6.92 Å². The van der Waals surface area contributed by atoms with E-state index in [1.54, 1.807) is 0 Å². The van der Waals surface area contributed by atoms with Gasteiger partial charge in [-0.1, -0.05) is 6.92 Å². The Morgan fingerprint density at radius 2 is 1.90 bits per heavy atom. The highest BCUT2D eigenvalue weighted by Gasteiger charge is 2.48. The number of carboxylic acids is 1. The van der Waals surface area contributed by atoms with E-state index in [2.05, 4.69) is 10.2 Å². The van der Waals surface area contributed by atoms with Gasteiger partial charge in [-0.3, -0.25) is 0 Å². The molecule has 21 heavy (non-hydrogen) atoms. The third-order valence-electron chi connectivity index (χ3n) is 4.84. The highest BCUT2D eigenvalue weighted by atomic mass is 16.4. The molecule has 120 valence electrons. The van der Waals surface area contributed by atoms with Crippen LogP contribution in [0.1, 0.15) is 45.4 Å². The average molecular weight is 297 g/mol. The molecule has 1 atom stereocenters. The van der Waals surface area contributed by atoms with Gasteiger partial charge in [-0.2, -0.15) is 0 Å². The van der Waals surface area contributed by atoms with Gasteiger partial charge in [0.15, 0.2) is 0 Å². The summed E-state index contributed by atoms with van der Waals surface area (Å²) in [5.74, 6) is -0.880.